The van der Waals surface area contributed by atoms with Gasteiger partial charge in [-0.2, -0.15) is 0 Å². The van der Waals surface area contributed by atoms with Crippen molar-refractivity contribution in [2.45, 2.75) is 0 Å². The molecule has 90 valence electrons. The molecule has 5 heteroatoms. The van der Waals surface area contributed by atoms with Crippen LogP contribution >= 0.6 is 11.3 Å². The van der Waals surface area contributed by atoms with Gasteiger partial charge in [0.1, 0.15) is 11.5 Å². The SMILES string of the molecule is O=C(Nc1ccc(F)cc1)c1cc2sccc2[nH]1. The molecule has 2 N–H and O–H groups in total. The van der Waals surface area contributed by atoms with Crippen molar-refractivity contribution >= 4 is 33.1 Å². The third-order valence-corrected chi connectivity index (χ3v) is 3.45. The molecule has 0 radical (unpaired) electrons. The van der Waals surface area contributed by atoms with Gasteiger partial charge in [0, 0.05) is 5.69 Å². The monoisotopic (exact) mass is 260 g/mol. The van der Waals surface area contributed by atoms with E-state index < -0.39 is 0 Å². The number of anilines is 1. The van der Waals surface area contributed by atoms with Crippen molar-refractivity contribution in [2.75, 3.05) is 5.32 Å². The van der Waals surface area contributed by atoms with Gasteiger partial charge < -0.3 is 10.3 Å². The average Bonchev–Trinajstić information content (AvgIpc) is 2.92. The van der Waals surface area contributed by atoms with E-state index >= 15 is 0 Å². The van der Waals surface area contributed by atoms with E-state index in [4.69, 9.17) is 0 Å². The maximum atomic E-state index is 12.7. The molecule has 2 aromatic heterocycles. The molecule has 1 amide bonds. The van der Waals surface area contributed by atoms with Gasteiger partial charge in [0.25, 0.3) is 5.91 Å². The highest BCUT2D eigenvalue weighted by Gasteiger charge is 2.10. The van der Waals surface area contributed by atoms with Crippen LogP contribution in [0, 0.1) is 5.82 Å². The van der Waals surface area contributed by atoms with Crippen LogP contribution in [0.3, 0.4) is 0 Å². The first-order valence-electron chi connectivity index (χ1n) is 5.35. The van der Waals surface area contributed by atoms with E-state index in [0.717, 1.165) is 10.2 Å². The van der Waals surface area contributed by atoms with Crippen LogP contribution in [0.5, 0.6) is 0 Å². The van der Waals surface area contributed by atoms with Crippen molar-refractivity contribution in [3.8, 4) is 0 Å². The van der Waals surface area contributed by atoms with E-state index in [1.807, 2.05) is 11.4 Å². The molecule has 3 nitrogen and oxygen atoms in total. The third-order valence-electron chi connectivity index (χ3n) is 2.59. The number of aromatic amines is 1. The number of carbonyl (C=O) groups excluding carboxylic acids is 1. The van der Waals surface area contributed by atoms with Gasteiger partial charge in [-0.25, -0.2) is 4.39 Å². The number of amides is 1. The van der Waals surface area contributed by atoms with Gasteiger partial charge in [0.2, 0.25) is 0 Å². The topological polar surface area (TPSA) is 44.9 Å². The fourth-order valence-electron chi connectivity index (χ4n) is 1.70. The molecule has 0 saturated heterocycles. The Kier molecular flexibility index (Phi) is 2.60. The van der Waals surface area contributed by atoms with Gasteiger partial charge in [-0.15, -0.1) is 11.3 Å². The second-order valence-corrected chi connectivity index (χ2v) is 4.79. The van der Waals surface area contributed by atoms with Crippen LogP contribution in [0.2, 0.25) is 0 Å². The fourth-order valence-corrected chi connectivity index (χ4v) is 2.48. The van der Waals surface area contributed by atoms with Crippen LogP contribution in [-0.2, 0) is 0 Å². The normalized spacial score (nSPS) is 10.7. The van der Waals surface area contributed by atoms with Crippen molar-refractivity contribution < 1.29 is 9.18 Å². The van der Waals surface area contributed by atoms with Crippen molar-refractivity contribution in [3.63, 3.8) is 0 Å². The Morgan fingerprint density at radius 1 is 1.22 bits per heavy atom. The highest BCUT2D eigenvalue weighted by molar-refractivity contribution is 7.17. The quantitative estimate of drug-likeness (QED) is 0.726. The van der Waals surface area contributed by atoms with Crippen molar-refractivity contribution in [1.29, 1.82) is 0 Å². The summed E-state index contributed by atoms with van der Waals surface area (Å²) in [7, 11) is 0. The Balaban J connectivity index is 1.82. The fraction of sp³-hybridized carbons (Fsp3) is 0. The first-order chi connectivity index (χ1) is 8.72. The number of H-pyrrole nitrogens is 1. The predicted molar refractivity (Wildman–Crippen MR) is 70.5 cm³/mol. The molecule has 3 rings (SSSR count). The first kappa shape index (κ1) is 11.0. The van der Waals surface area contributed by atoms with E-state index in [1.54, 1.807) is 17.4 Å². The highest BCUT2D eigenvalue weighted by atomic mass is 32.1. The minimum Gasteiger partial charge on any atom is -0.350 e. The molecule has 0 atom stereocenters. The lowest BCUT2D eigenvalue weighted by Crippen LogP contribution is -2.12. The zero-order chi connectivity index (χ0) is 12.5. The first-order valence-corrected chi connectivity index (χ1v) is 6.23. The summed E-state index contributed by atoms with van der Waals surface area (Å²) in [5.41, 5.74) is 2.02. The second-order valence-electron chi connectivity index (χ2n) is 3.84. The molecule has 1 aromatic carbocycles. The van der Waals surface area contributed by atoms with Crippen molar-refractivity contribution in [2.24, 2.45) is 0 Å². The summed E-state index contributed by atoms with van der Waals surface area (Å²) in [6.45, 7) is 0. The van der Waals surface area contributed by atoms with Gasteiger partial charge in [-0.05, 0) is 41.8 Å². The molecular formula is C13H9FN2OS. The molecule has 0 fully saturated rings. The molecule has 3 aromatic rings. The lowest BCUT2D eigenvalue weighted by atomic mass is 10.3. The minimum absolute atomic E-state index is 0.231. The van der Waals surface area contributed by atoms with E-state index in [9.17, 15) is 9.18 Å². The van der Waals surface area contributed by atoms with Crippen LogP contribution in [0.15, 0.2) is 41.8 Å². The zero-order valence-corrected chi connectivity index (χ0v) is 10.1. The van der Waals surface area contributed by atoms with Gasteiger partial charge in [-0.1, -0.05) is 0 Å². The Bertz CT molecular complexity index is 671. The van der Waals surface area contributed by atoms with Crippen LogP contribution in [-0.4, -0.2) is 10.9 Å². The molecule has 0 bridgehead atoms. The smallest absolute Gasteiger partial charge is 0.272 e. The highest BCUT2D eigenvalue weighted by Crippen LogP contribution is 2.21. The summed E-state index contributed by atoms with van der Waals surface area (Å²) in [5.74, 6) is -0.557. The van der Waals surface area contributed by atoms with Gasteiger partial charge in [0.15, 0.2) is 0 Å². The van der Waals surface area contributed by atoms with E-state index in [2.05, 4.69) is 10.3 Å². The number of nitrogens with one attached hydrogen (secondary N) is 2. The maximum Gasteiger partial charge on any atom is 0.272 e. The van der Waals surface area contributed by atoms with Crippen molar-refractivity contribution in [1.82, 2.24) is 4.98 Å². The molecule has 2 heterocycles. The van der Waals surface area contributed by atoms with E-state index in [0.29, 0.717) is 11.4 Å². The lowest BCUT2D eigenvalue weighted by molar-refractivity contribution is 0.102. The molecule has 0 spiro atoms. The molecule has 0 saturated carbocycles. The number of benzene rings is 1. The third kappa shape index (κ3) is 2.00. The molecule has 0 unspecified atom stereocenters. The van der Waals surface area contributed by atoms with E-state index in [-0.39, 0.29) is 11.7 Å². The Morgan fingerprint density at radius 2 is 2.00 bits per heavy atom. The maximum absolute atomic E-state index is 12.7. The summed E-state index contributed by atoms with van der Waals surface area (Å²) in [6.07, 6.45) is 0. The Hall–Kier alpha value is -2.14. The second kappa shape index (κ2) is 4.27. The Morgan fingerprint density at radius 3 is 2.72 bits per heavy atom. The number of aromatic nitrogens is 1. The average molecular weight is 260 g/mol. The summed E-state index contributed by atoms with van der Waals surface area (Å²) < 4.78 is 13.8. The number of carbonyl (C=O) groups is 1. The van der Waals surface area contributed by atoms with Crippen LogP contribution in [0.25, 0.3) is 10.2 Å². The number of halogens is 1. The minimum atomic E-state index is -0.326. The van der Waals surface area contributed by atoms with Gasteiger partial charge in [-0.3, -0.25) is 4.79 Å². The zero-order valence-electron chi connectivity index (χ0n) is 9.24. The molecule has 0 aliphatic carbocycles. The number of hydrogen-bond acceptors (Lipinski definition) is 2. The summed E-state index contributed by atoms with van der Waals surface area (Å²) in [6, 6.07) is 9.40. The van der Waals surface area contributed by atoms with Gasteiger partial charge in [0.05, 0.1) is 10.2 Å². The molecule has 0 aliphatic heterocycles. The number of thiophene rings is 1. The molecular weight excluding hydrogens is 251 g/mol. The number of rotatable bonds is 2. The van der Waals surface area contributed by atoms with Gasteiger partial charge >= 0.3 is 0 Å². The molecule has 18 heavy (non-hydrogen) atoms. The van der Waals surface area contributed by atoms with Crippen LogP contribution in [0.1, 0.15) is 10.5 Å². The number of hydrogen-bond donors (Lipinski definition) is 2. The lowest BCUT2D eigenvalue weighted by Gasteiger charge is -2.02. The summed E-state index contributed by atoms with van der Waals surface area (Å²) in [5, 5.41) is 4.67. The predicted octanol–water partition coefficient (Wildman–Crippen LogP) is 3.62. The molecule has 0 aliphatic rings. The summed E-state index contributed by atoms with van der Waals surface area (Å²) >= 11 is 1.57. The number of fused-ring (bicyclic) bond motifs is 1. The largest absolute Gasteiger partial charge is 0.350 e. The van der Waals surface area contributed by atoms with Crippen LogP contribution in [0.4, 0.5) is 10.1 Å². The van der Waals surface area contributed by atoms with Crippen LogP contribution < -0.4 is 5.32 Å². The standard InChI is InChI=1S/C13H9FN2OS/c14-8-1-3-9(4-2-8)15-13(17)11-7-12-10(16-11)5-6-18-12/h1-7,16H,(H,15,17). The van der Waals surface area contributed by atoms with E-state index in [1.165, 1.54) is 24.3 Å². The van der Waals surface area contributed by atoms with Crippen molar-refractivity contribution in [3.05, 3.63) is 53.3 Å². The summed E-state index contributed by atoms with van der Waals surface area (Å²) in [4.78, 5) is 15.0. The Labute approximate surface area is 106 Å².